The van der Waals surface area contributed by atoms with Crippen molar-refractivity contribution in [2.24, 2.45) is 7.05 Å². The molecule has 7 nitrogen and oxygen atoms in total. The molecule has 3 heterocycles. The fourth-order valence-corrected chi connectivity index (χ4v) is 4.53. The number of pyridine rings is 1. The van der Waals surface area contributed by atoms with E-state index in [1.54, 1.807) is 24.9 Å². The standard InChI is InChI=1S/C25H26F3N5O2/c1-14-18(6-5-7-20(14)25(26,27)28)15(2)31-23-19-12-21(17-8-10-33(11-9-17)16(3)34)32(4)24(35)22(19)29-13-30-23/h5-8,12-13,15H,9-11H2,1-4H3,(H,29,30,31). The number of amides is 1. The minimum absolute atomic E-state index is 0.00791. The predicted molar refractivity (Wildman–Crippen MR) is 128 cm³/mol. The van der Waals surface area contributed by atoms with E-state index in [1.807, 2.05) is 12.1 Å². The normalized spacial score (nSPS) is 15.2. The molecule has 3 aromatic rings. The SMILES string of the molecule is CC(=O)N1CC=C(c2cc3c(NC(C)c4cccc(C(F)(F)F)c4C)ncnc3c(=O)n2C)CC1. The van der Waals surface area contributed by atoms with E-state index >= 15 is 0 Å². The van der Waals surface area contributed by atoms with Crippen LogP contribution in [0.3, 0.4) is 0 Å². The smallest absolute Gasteiger partial charge is 0.363 e. The second-order valence-corrected chi connectivity index (χ2v) is 8.71. The van der Waals surface area contributed by atoms with Crippen molar-refractivity contribution in [1.82, 2.24) is 19.4 Å². The molecule has 1 aromatic carbocycles. The van der Waals surface area contributed by atoms with Crippen molar-refractivity contribution in [1.29, 1.82) is 0 Å². The van der Waals surface area contributed by atoms with Gasteiger partial charge in [-0.25, -0.2) is 9.97 Å². The van der Waals surface area contributed by atoms with E-state index in [4.69, 9.17) is 0 Å². The van der Waals surface area contributed by atoms with Gasteiger partial charge in [0.2, 0.25) is 5.91 Å². The third-order valence-electron chi connectivity index (χ3n) is 6.52. The number of fused-ring (bicyclic) bond motifs is 1. The van der Waals surface area contributed by atoms with Crippen LogP contribution in [0.15, 0.2) is 41.5 Å². The minimum Gasteiger partial charge on any atom is -0.363 e. The second kappa shape index (κ2) is 9.16. The van der Waals surface area contributed by atoms with E-state index in [0.29, 0.717) is 42.0 Å². The van der Waals surface area contributed by atoms with Crippen LogP contribution in [0.25, 0.3) is 16.5 Å². The molecular weight excluding hydrogens is 459 g/mol. The number of hydrogen-bond acceptors (Lipinski definition) is 5. The molecule has 1 N–H and O–H groups in total. The Balaban J connectivity index is 1.75. The molecule has 0 bridgehead atoms. The first-order valence-corrected chi connectivity index (χ1v) is 11.2. The molecule has 1 amide bonds. The van der Waals surface area contributed by atoms with Crippen molar-refractivity contribution in [3.63, 3.8) is 0 Å². The van der Waals surface area contributed by atoms with Gasteiger partial charge in [0, 0.05) is 32.8 Å². The summed E-state index contributed by atoms with van der Waals surface area (Å²) >= 11 is 0. The van der Waals surface area contributed by atoms with Gasteiger partial charge in [0.15, 0.2) is 0 Å². The van der Waals surface area contributed by atoms with Gasteiger partial charge in [0.25, 0.3) is 5.56 Å². The lowest BCUT2D eigenvalue weighted by Gasteiger charge is -2.26. The molecule has 184 valence electrons. The van der Waals surface area contributed by atoms with E-state index in [0.717, 1.165) is 11.6 Å². The Hall–Kier alpha value is -3.69. The number of aromatic nitrogens is 3. The average molecular weight is 486 g/mol. The van der Waals surface area contributed by atoms with E-state index in [2.05, 4.69) is 15.3 Å². The third-order valence-corrected chi connectivity index (χ3v) is 6.52. The van der Waals surface area contributed by atoms with Crippen molar-refractivity contribution >= 4 is 28.2 Å². The zero-order chi connectivity index (χ0) is 25.5. The van der Waals surface area contributed by atoms with Crippen molar-refractivity contribution in [3.8, 4) is 0 Å². The number of carbonyl (C=O) groups excluding carboxylic acids is 1. The fraction of sp³-hybridized carbons (Fsp3) is 0.360. The van der Waals surface area contributed by atoms with Gasteiger partial charge < -0.3 is 14.8 Å². The van der Waals surface area contributed by atoms with Crippen molar-refractivity contribution in [2.45, 2.75) is 39.4 Å². The van der Waals surface area contributed by atoms with Gasteiger partial charge in [-0.05, 0) is 49.1 Å². The van der Waals surface area contributed by atoms with E-state index in [-0.39, 0.29) is 22.5 Å². The van der Waals surface area contributed by atoms with E-state index in [1.165, 1.54) is 30.8 Å². The third kappa shape index (κ3) is 4.65. The zero-order valence-electron chi connectivity index (χ0n) is 19.9. The van der Waals surface area contributed by atoms with Crippen molar-refractivity contribution in [3.05, 3.63) is 69.4 Å². The summed E-state index contributed by atoms with van der Waals surface area (Å²) in [6, 6.07) is 5.40. The Morgan fingerprint density at radius 3 is 2.60 bits per heavy atom. The maximum Gasteiger partial charge on any atom is 0.416 e. The quantitative estimate of drug-likeness (QED) is 0.590. The summed E-state index contributed by atoms with van der Waals surface area (Å²) in [5, 5.41) is 3.66. The van der Waals surface area contributed by atoms with Crippen molar-refractivity contribution in [2.75, 3.05) is 18.4 Å². The first-order valence-electron chi connectivity index (χ1n) is 11.2. The fourth-order valence-electron chi connectivity index (χ4n) is 4.53. The Kier molecular flexibility index (Phi) is 6.40. The lowest BCUT2D eigenvalue weighted by molar-refractivity contribution is -0.138. The highest BCUT2D eigenvalue weighted by Crippen LogP contribution is 2.35. The van der Waals surface area contributed by atoms with Gasteiger partial charge in [-0.2, -0.15) is 13.2 Å². The topological polar surface area (TPSA) is 80.1 Å². The number of nitrogens with one attached hydrogen (secondary N) is 1. The molecule has 1 unspecified atom stereocenters. The van der Waals surface area contributed by atoms with Gasteiger partial charge in [-0.3, -0.25) is 9.59 Å². The zero-order valence-corrected chi connectivity index (χ0v) is 19.9. The molecule has 0 radical (unpaired) electrons. The first kappa shape index (κ1) is 24.4. The molecule has 0 spiro atoms. The highest BCUT2D eigenvalue weighted by molar-refractivity contribution is 5.90. The number of anilines is 1. The summed E-state index contributed by atoms with van der Waals surface area (Å²) in [5.41, 5.74) is 1.46. The van der Waals surface area contributed by atoms with Gasteiger partial charge in [-0.1, -0.05) is 18.2 Å². The summed E-state index contributed by atoms with van der Waals surface area (Å²) in [6.45, 7) is 5.72. The number of carbonyl (C=O) groups is 1. The molecule has 0 saturated heterocycles. The van der Waals surface area contributed by atoms with Gasteiger partial charge >= 0.3 is 6.18 Å². The highest BCUT2D eigenvalue weighted by atomic mass is 19.4. The molecule has 1 aliphatic heterocycles. The Labute approximate surface area is 200 Å². The Bertz CT molecular complexity index is 1390. The number of rotatable bonds is 4. The molecule has 0 fully saturated rings. The maximum absolute atomic E-state index is 13.4. The molecule has 1 atom stereocenters. The molecule has 2 aromatic heterocycles. The van der Waals surface area contributed by atoms with Crippen molar-refractivity contribution < 1.29 is 18.0 Å². The van der Waals surface area contributed by atoms with Gasteiger partial charge in [0.1, 0.15) is 17.7 Å². The van der Waals surface area contributed by atoms with E-state index in [9.17, 15) is 22.8 Å². The van der Waals surface area contributed by atoms with Crippen LogP contribution in [-0.2, 0) is 18.0 Å². The summed E-state index contributed by atoms with van der Waals surface area (Å²) in [7, 11) is 1.67. The summed E-state index contributed by atoms with van der Waals surface area (Å²) in [6.07, 6.45) is -0.665. The van der Waals surface area contributed by atoms with Crippen LogP contribution in [0.2, 0.25) is 0 Å². The number of hydrogen-bond donors (Lipinski definition) is 1. The minimum atomic E-state index is -4.45. The molecule has 35 heavy (non-hydrogen) atoms. The van der Waals surface area contributed by atoms with Crippen LogP contribution in [-0.4, -0.2) is 38.4 Å². The number of benzene rings is 1. The summed E-state index contributed by atoms with van der Waals surface area (Å²) in [4.78, 5) is 34.9. The number of nitrogens with zero attached hydrogens (tertiary/aromatic N) is 4. The highest BCUT2D eigenvalue weighted by Gasteiger charge is 2.33. The lowest BCUT2D eigenvalue weighted by Crippen LogP contribution is -2.33. The molecule has 0 saturated carbocycles. The lowest BCUT2D eigenvalue weighted by atomic mass is 9.97. The number of alkyl halides is 3. The van der Waals surface area contributed by atoms with Crippen LogP contribution in [0, 0.1) is 6.92 Å². The maximum atomic E-state index is 13.4. The molecule has 0 aliphatic carbocycles. The largest absolute Gasteiger partial charge is 0.416 e. The van der Waals surface area contributed by atoms with Crippen LogP contribution in [0.5, 0.6) is 0 Å². The number of halogens is 3. The van der Waals surface area contributed by atoms with E-state index < -0.39 is 17.8 Å². The van der Waals surface area contributed by atoms with Crippen LogP contribution in [0.4, 0.5) is 19.0 Å². The molecule has 4 rings (SSSR count). The second-order valence-electron chi connectivity index (χ2n) is 8.71. The van der Waals surface area contributed by atoms with Gasteiger partial charge in [0.05, 0.1) is 17.0 Å². The first-order chi connectivity index (χ1) is 16.5. The average Bonchev–Trinajstić information content (AvgIpc) is 2.81. The van der Waals surface area contributed by atoms with Gasteiger partial charge in [-0.15, -0.1) is 0 Å². The predicted octanol–water partition coefficient (Wildman–Crippen LogP) is 4.46. The van der Waals surface area contributed by atoms with Crippen LogP contribution < -0.4 is 10.9 Å². The molecule has 10 heteroatoms. The summed E-state index contributed by atoms with van der Waals surface area (Å²) in [5.74, 6) is 0.353. The van der Waals surface area contributed by atoms with Crippen LogP contribution >= 0.6 is 0 Å². The Morgan fingerprint density at radius 2 is 1.97 bits per heavy atom. The molecular formula is C25H26F3N5O2. The Morgan fingerprint density at radius 1 is 1.23 bits per heavy atom. The van der Waals surface area contributed by atoms with Crippen LogP contribution in [0.1, 0.15) is 48.7 Å². The summed E-state index contributed by atoms with van der Waals surface area (Å²) < 4.78 is 41.7. The monoisotopic (exact) mass is 485 g/mol. The molecule has 1 aliphatic rings.